The van der Waals surface area contributed by atoms with Crippen molar-refractivity contribution in [1.29, 1.82) is 0 Å². The molecule has 0 bridgehead atoms. The maximum absolute atomic E-state index is 14.6. The molecule has 0 aromatic heterocycles. The summed E-state index contributed by atoms with van der Waals surface area (Å²) in [6.45, 7) is 0. The molecule has 36 heavy (non-hydrogen) atoms. The second-order valence-corrected chi connectivity index (χ2v) is 11.6. The Hall–Kier alpha value is -3.61. The van der Waals surface area contributed by atoms with Crippen LogP contribution in [0.5, 0.6) is 11.5 Å². The highest BCUT2D eigenvalue weighted by Gasteiger charge is 2.43. The van der Waals surface area contributed by atoms with Gasteiger partial charge < -0.3 is 10.2 Å². The minimum absolute atomic E-state index is 0.0876. The first-order valence-electron chi connectivity index (χ1n) is 9.93. The topological polar surface area (TPSA) is 83.8 Å². The first-order valence-corrected chi connectivity index (χ1v) is 12.9. The molecule has 0 amide bonds. The number of halogens is 5. The van der Waals surface area contributed by atoms with Gasteiger partial charge in [-0.15, -0.1) is 0 Å². The van der Waals surface area contributed by atoms with Gasteiger partial charge in [-0.05, 0) is 46.7 Å². The molecule has 4 rings (SSSR count). The van der Waals surface area contributed by atoms with Gasteiger partial charge in [-0.3, -0.25) is 0 Å². The average Bonchev–Trinajstić information content (AvgIpc) is 2.86. The van der Waals surface area contributed by atoms with Gasteiger partial charge in [0.25, 0.3) is 0 Å². The highest BCUT2D eigenvalue weighted by molar-refractivity contribution is 8.33. The van der Waals surface area contributed by atoms with Gasteiger partial charge in [-0.2, -0.15) is 8.42 Å². The lowest BCUT2D eigenvalue weighted by Crippen LogP contribution is -2.19. The van der Waals surface area contributed by atoms with Crippen molar-refractivity contribution in [2.75, 3.05) is 0 Å². The number of rotatable bonds is 6. The monoisotopic (exact) mass is 542 g/mol. The van der Waals surface area contributed by atoms with Gasteiger partial charge in [0.1, 0.15) is 11.5 Å². The second kappa shape index (κ2) is 9.45. The van der Waals surface area contributed by atoms with Crippen LogP contribution in [0.4, 0.5) is 22.0 Å². The third-order valence-corrected chi connectivity index (χ3v) is 10.2. The number of aromatic hydroxyl groups is 2. The lowest BCUT2D eigenvalue weighted by atomic mass is 10.3. The fourth-order valence-electron chi connectivity index (χ4n) is 3.45. The van der Waals surface area contributed by atoms with Crippen molar-refractivity contribution in [3.63, 3.8) is 0 Å². The number of phenols is 2. The first-order chi connectivity index (χ1) is 17.0. The SMILES string of the molecule is O=S(=O)(OS(c1ccccc1)(c1ccccc1)c1ccc(O)cc1O)c1c(F)c(F)c(F)c(F)c1F. The maximum Gasteiger partial charge on any atom is 0.313 e. The van der Waals surface area contributed by atoms with E-state index in [0.717, 1.165) is 18.2 Å². The molecule has 2 N–H and O–H groups in total. The Kier molecular flexibility index (Phi) is 6.69. The largest absolute Gasteiger partial charge is 0.508 e. The molecule has 0 saturated heterocycles. The van der Waals surface area contributed by atoms with Gasteiger partial charge in [0.2, 0.25) is 5.82 Å². The predicted octanol–water partition coefficient (Wildman–Crippen LogP) is 6.40. The zero-order valence-electron chi connectivity index (χ0n) is 17.8. The standard InChI is InChI=1S/C24H15F5O5S2/c25-19-20(26)22(28)24(23(29)21(19)27)36(32,33)34-35(15-7-3-1-4-8-15,16-9-5-2-6-10-16)18-12-11-14(30)13-17(18)31/h1-13,30-31H. The summed E-state index contributed by atoms with van der Waals surface area (Å²) in [5, 5.41) is 20.5. The van der Waals surface area contributed by atoms with Gasteiger partial charge in [0, 0.05) is 15.9 Å². The predicted molar refractivity (Wildman–Crippen MR) is 120 cm³/mol. The Morgan fingerprint density at radius 1 is 0.611 bits per heavy atom. The van der Waals surface area contributed by atoms with Crippen molar-refractivity contribution in [1.82, 2.24) is 0 Å². The van der Waals surface area contributed by atoms with Crippen LogP contribution in [0.15, 0.2) is 98.4 Å². The molecular formula is C24H15F5O5S2. The minimum Gasteiger partial charge on any atom is -0.508 e. The quantitative estimate of drug-likeness (QED) is 0.168. The molecular weight excluding hydrogens is 527 g/mol. The van der Waals surface area contributed by atoms with Crippen LogP contribution in [0.1, 0.15) is 0 Å². The summed E-state index contributed by atoms with van der Waals surface area (Å²) in [5.74, 6) is -13.7. The normalized spacial score (nSPS) is 12.5. The highest BCUT2D eigenvalue weighted by atomic mass is 32.3. The summed E-state index contributed by atoms with van der Waals surface area (Å²) < 4.78 is 103. The molecule has 0 unspecified atom stereocenters. The third-order valence-electron chi connectivity index (χ3n) is 5.01. The molecule has 0 fully saturated rings. The van der Waals surface area contributed by atoms with Crippen molar-refractivity contribution in [2.24, 2.45) is 0 Å². The van der Waals surface area contributed by atoms with E-state index in [2.05, 4.69) is 0 Å². The molecule has 0 aliphatic heterocycles. The van der Waals surface area contributed by atoms with E-state index in [1.165, 1.54) is 48.5 Å². The summed E-state index contributed by atoms with van der Waals surface area (Å²) in [7, 11) is -9.42. The van der Waals surface area contributed by atoms with E-state index in [4.69, 9.17) is 3.63 Å². The minimum atomic E-state index is -5.75. The van der Waals surface area contributed by atoms with Gasteiger partial charge in [-0.25, -0.2) is 25.6 Å². The average molecular weight is 543 g/mol. The van der Waals surface area contributed by atoms with Crippen LogP contribution in [0.25, 0.3) is 0 Å². The summed E-state index contributed by atoms with van der Waals surface area (Å²) in [5.41, 5.74) is 0. The summed E-state index contributed by atoms with van der Waals surface area (Å²) >= 11 is 0. The van der Waals surface area contributed by atoms with Crippen LogP contribution in [0.2, 0.25) is 0 Å². The zero-order chi connectivity index (χ0) is 26.3. The third kappa shape index (κ3) is 4.16. The number of hydrogen-bond acceptors (Lipinski definition) is 5. The molecule has 0 aliphatic carbocycles. The fraction of sp³-hybridized carbons (Fsp3) is 0. The molecule has 0 radical (unpaired) electrons. The lowest BCUT2D eigenvalue weighted by molar-refractivity contribution is 0.353. The number of phenolic OH excluding ortho intramolecular Hbond substituents is 2. The summed E-state index contributed by atoms with van der Waals surface area (Å²) in [6.07, 6.45) is 0. The van der Waals surface area contributed by atoms with E-state index >= 15 is 0 Å². The van der Waals surface area contributed by atoms with Crippen LogP contribution < -0.4 is 0 Å². The van der Waals surface area contributed by atoms with Crippen molar-refractivity contribution in [3.8, 4) is 11.5 Å². The zero-order valence-corrected chi connectivity index (χ0v) is 19.5. The van der Waals surface area contributed by atoms with Gasteiger partial charge in [0.05, 0.1) is 4.90 Å². The van der Waals surface area contributed by atoms with E-state index in [1.54, 1.807) is 12.1 Å². The molecule has 0 aliphatic rings. The molecule has 4 aromatic rings. The van der Waals surface area contributed by atoms with Gasteiger partial charge in [0.15, 0.2) is 28.2 Å². The Balaban J connectivity index is 2.11. The molecule has 0 saturated carbocycles. The summed E-state index contributed by atoms with van der Waals surface area (Å²) in [6, 6.07) is 17.9. The Bertz CT molecular complexity index is 1480. The molecule has 12 heteroatoms. The van der Waals surface area contributed by atoms with E-state index in [0.29, 0.717) is 0 Å². The Morgan fingerprint density at radius 2 is 1.06 bits per heavy atom. The maximum atomic E-state index is 14.6. The second-order valence-electron chi connectivity index (χ2n) is 7.26. The van der Waals surface area contributed by atoms with Crippen molar-refractivity contribution >= 4 is 20.4 Å². The first kappa shape index (κ1) is 25.5. The van der Waals surface area contributed by atoms with E-state index in [9.17, 15) is 40.6 Å². The van der Waals surface area contributed by atoms with Crippen molar-refractivity contribution < 1.29 is 44.2 Å². The molecule has 0 spiro atoms. The van der Waals surface area contributed by atoms with Gasteiger partial charge >= 0.3 is 10.1 Å². The van der Waals surface area contributed by atoms with Crippen LogP contribution in [0, 0.1) is 29.1 Å². The van der Waals surface area contributed by atoms with Crippen LogP contribution in [-0.2, 0) is 13.7 Å². The smallest absolute Gasteiger partial charge is 0.313 e. The molecule has 4 aromatic carbocycles. The molecule has 0 atom stereocenters. The van der Waals surface area contributed by atoms with E-state index in [1.807, 2.05) is 0 Å². The van der Waals surface area contributed by atoms with Crippen molar-refractivity contribution in [2.45, 2.75) is 19.6 Å². The van der Waals surface area contributed by atoms with Gasteiger partial charge in [-0.1, -0.05) is 36.4 Å². The Morgan fingerprint density at radius 3 is 1.50 bits per heavy atom. The summed E-state index contributed by atoms with van der Waals surface area (Å²) in [4.78, 5) is -2.24. The molecule has 0 heterocycles. The number of benzene rings is 4. The van der Waals surface area contributed by atoms with Crippen LogP contribution in [0.3, 0.4) is 0 Å². The Labute approximate surface area is 203 Å². The number of hydrogen-bond donors (Lipinski definition) is 2. The molecule has 5 nitrogen and oxygen atoms in total. The fourth-order valence-corrected chi connectivity index (χ4v) is 8.81. The lowest BCUT2D eigenvalue weighted by Gasteiger charge is -2.39. The highest BCUT2D eigenvalue weighted by Crippen LogP contribution is 2.72. The van der Waals surface area contributed by atoms with E-state index < -0.39 is 65.9 Å². The van der Waals surface area contributed by atoms with E-state index in [-0.39, 0.29) is 14.7 Å². The molecule has 188 valence electrons. The van der Waals surface area contributed by atoms with Crippen molar-refractivity contribution in [3.05, 3.63) is 108 Å². The van der Waals surface area contributed by atoms with Crippen LogP contribution in [-0.4, -0.2) is 18.6 Å². The van der Waals surface area contributed by atoms with Crippen LogP contribution >= 0.6 is 10.3 Å².